The van der Waals surface area contributed by atoms with Gasteiger partial charge in [-0.05, 0) is 25.7 Å². The summed E-state index contributed by atoms with van der Waals surface area (Å²) in [5, 5.41) is 40.5. The van der Waals surface area contributed by atoms with Crippen molar-refractivity contribution in [3.63, 3.8) is 0 Å². The van der Waals surface area contributed by atoms with Gasteiger partial charge in [-0.25, -0.2) is 0 Å². The van der Waals surface area contributed by atoms with E-state index in [0.717, 1.165) is 96.3 Å². The van der Waals surface area contributed by atoms with Gasteiger partial charge in [0.2, 0.25) is 6.29 Å². The van der Waals surface area contributed by atoms with E-state index >= 15 is 0 Å². The summed E-state index contributed by atoms with van der Waals surface area (Å²) >= 11 is 0. The van der Waals surface area contributed by atoms with E-state index in [1.165, 1.54) is 0 Å². The second-order valence-electron chi connectivity index (χ2n) is 16.1. The lowest BCUT2D eigenvalue weighted by atomic mass is 9.97. The molecular weight excluding hydrogens is 784 g/mol. The molecule has 0 aromatic rings. The van der Waals surface area contributed by atoms with Gasteiger partial charge in [0.05, 0.1) is 19.3 Å². The molecule has 2 aliphatic rings. The first-order valence-corrected chi connectivity index (χ1v) is 22.8. The van der Waals surface area contributed by atoms with E-state index < -0.39 is 98.4 Å². The molecule has 0 aromatic carbocycles. The quantitative estimate of drug-likeness (QED) is 0.0320. The van der Waals surface area contributed by atoms with Gasteiger partial charge in [-0.2, -0.15) is 0 Å². The Labute approximate surface area is 356 Å². The van der Waals surface area contributed by atoms with Crippen LogP contribution in [0.2, 0.25) is 0 Å². The second kappa shape index (κ2) is 31.9. The monoisotopic (exact) mass is 861 g/mol. The molecule has 0 saturated carbocycles. The molecule has 0 spiro atoms. The van der Waals surface area contributed by atoms with Crippen LogP contribution in [0.5, 0.6) is 0 Å². The molecule has 2 rings (SSSR count). The van der Waals surface area contributed by atoms with Gasteiger partial charge in [0.1, 0.15) is 12.2 Å². The van der Waals surface area contributed by atoms with Gasteiger partial charge in [-0.1, -0.05) is 117 Å². The number of rotatable bonds is 33. The Hall–Kier alpha value is -2.89. The Kier molecular flexibility index (Phi) is 28.3. The van der Waals surface area contributed by atoms with Crippen LogP contribution in [0.1, 0.15) is 181 Å². The number of aliphatic hydroxyl groups excluding tert-OH is 3. The molecule has 9 atom stereocenters. The SMILES string of the molecule is CCCCCCCCC(=O)O[C@@H]1[C@@H](OC(=O)CCCC(=O)O)[C@@H](O[C@H]2O[C@H](CO)[C@@H](O)C[C@H]2OC(=O)CCCCCCCC)O[C@H](CO)[C@H]1OC(=O)CCCCCCCC. The van der Waals surface area contributed by atoms with Crippen LogP contribution < -0.4 is 0 Å². The lowest BCUT2D eigenvalue weighted by Gasteiger charge is -2.46. The standard InChI is InChI=1S/C44H76O16/c1-4-7-10-13-16-19-24-36(50)54-32-28-31(47)33(29-45)55-43(32)60-44-42(59-39(53)27-22-23-35(48)49)41(58-38(52)26-21-18-15-12-9-6-3)40(34(30-46)56-44)57-37(51)25-20-17-14-11-8-5-2/h31-34,40-47H,4-30H2,1-3H3,(H,48,49)/t31-,32+,33+,34+,40+,41-,42+,43+,44+/m0/s1. The van der Waals surface area contributed by atoms with Crippen molar-refractivity contribution < 1.29 is 77.6 Å². The van der Waals surface area contributed by atoms with Crippen LogP contribution in [-0.2, 0) is 57.1 Å². The van der Waals surface area contributed by atoms with Crippen LogP contribution in [0.4, 0.5) is 0 Å². The first-order chi connectivity index (χ1) is 29.0. The van der Waals surface area contributed by atoms with Gasteiger partial charge in [0.15, 0.2) is 30.7 Å². The number of unbranched alkanes of at least 4 members (excludes halogenated alkanes) is 15. The molecule has 0 aromatic heterocycles. The number of aliphatic carboxylic acids is 1. The van der Waals surface area contributed by atoms with Crippen LogP contribution in [0.3, 0.4) is 0 Å². The average Bonchev–Trinajstić information content (AvgIpc) is 3.21. The molecule has 16 heteroatoms. The molecule has 0 bridgehead atoms. The molecule has 0 amide bonds. The fraction of sp³-hybridized carbons (Fsp3) is 0.886. The van der Waals surface area contributed by atoms with Crippen LogP contribution in [-0.4, -0.2) is 119 Å². The summed E-state index contributed by atoms with van der Waals surface area (Å²) in [6, 6.07) is 0. The Balaban J connectivity index is 2.44. The molecule has 60 heavy (non-hydrogen) atoms. The summed E-state index contributed by atoms with van der Waals surface area (Å²) in [4.78, 5) is 64.4. The minimum Gasteiger partial charge on any atom is -0.481 e. The number of esters is 4. The van der Waals surface area contributed by atoms with Crippen molar-refractivity contribution in [2.45, 2.75) is 237 Å². The maximum absolute atomic E-state index is 13.5. The number of carbonyl (C=O) groups excluding carboxylic acids is 4. The first kappa shape index (κ1) is 53.2. The fourth-order valence-electron chi connectivity index (χ4n) is 7.30. The molecule has 0 unspecified atom stereocenters. The van der Waals surface area contributed by atoms with Gasteiger partial charge in [0, 0.05) is 38.5 Å². The lowest BCUT2D eigenvalue weighted by molar-refractivity contribution is -0.367. The van der Waals surface area contributed by atoms with E-state index in [0.29, 0.717) is 19.3 Å². The van der Waals surface area contributed by atoms with E-state index in [-0.39, 0.29) is 44.9 Å². The number of carboxylic acids is 1. The van der Waals surface area contributed by atoms with Gasteiger partial charge >= 0.3 is 29.8 Å². The topological polar surface area (TPSA) is 231 Å². The van der Waals surface area contributed by atoms with Crippen LogP contribution >= 0.6 is 0 Å². The largest absolute Gasteiger partial charge is 0.481 e. The Morgan fingerprint density at radius 2 is 0.883 bits per heavy atom. The maximum atomic E-state index is 13.5. The number of hydrogen-bond acceptors (Lipinski definition) is 15. The summed E-state index contributed by atoms with van der Waals surface area (Å²) in [6.07, 6.45) is 2.71. The smallest absolute Gasteiger partial charge is 0.306 e. The molecule has 0 aliphatic carbocycles. The molecule has 2 fully saturated rings. The number of carbonyl (C=O) groups is 5. The molecule has 2 saturated heterocycles. The number of aliphatic hydroxyl groups is 3. The predicted molar refractivity (Wildman–Crippen MR) is 218 cm³/mol. The highest BCUT2D eigenvalue weighted by molar-refractivity contribution is 5.73. The molecule has 4 N–H and O–H groups in total. The van der Waals surface area contributed by atoms with Crippen molar-refractivity contribution >= 4 is 29.8 Å². The molecular formula is C44H76O16. The maximum Gasteiger partial charge on any atom is 0.306 e. The van der Waals surface area contributed by atoms with Crippen LogP contribution in [0.25, 0.3) is 0 Å². The molecule has 0 radical (unpaired) electrons. The van der Waals surface area contributed by atoms with E-state index in [9.17, 15) is 39.3 Å². The van der Waals surface area contributed by atoms with Gasteiger partial charge < -0.3 is 53.6 Å². The molecule has 348 valence electrons. The van der Waals surface area contributed by atoms with E-state index in [1.807, 2.05) is 0 Å². The molecule has 16 nitrogen and oxygen atoms in total. The number of ether oxygens (including phenoxy) is 7. The van der Waals surface area contributed by atoms with E-state index in [2.05, 4.69) is 20.8 Å². The minimum absolute atomic E-state index is 0.00502. The summed E-state index contributed by atoms with van der Waals surface area (Å²) in [6.45, 7) is 4.95. The molecule has 2 aliphatic heterocycles. The zero-order valence-corrected chi connectivity index (χ0v) is 36.5. The van der Waals surface area contributed by atoms with Crippen molar-refractivity contribution in [3.8, 4) is 0 Å². The summed E-state index contributed by atoms with van der Waals surface area (Å²) in [5.74, 6) is -3.92. The fourth-order valence-corrected chi connectivity index (χ4v) is 7.30. The van der Waals surface area contributed by atoms with Crippen LogP contribution in [0.15, 0.2) is 0 Å². The van der Waals surface area contributed by atoms with Gasteiger partial charge in [0.25, 0.3) is 0 Å². The van der Waals surface area contributed by atoms with Crippen molar-refractivity contribution in [2.75, 3.05) is 13.2 Å². The van der Waals surface area contributed by atoms with Crippen molar-refractivity contribution in [1.82, 2.24) is 0 Å². The highest BCUT2D eigenvalue weighted by Gasteiger charge is 2.54. The third-order valence-electron chi connectivity index (χ3n) is 10.8. The normalized spacial score (nSPS) is 25.3. The number of hydrogen-bond donors (Lipinski definition) is 4. The average molecular weight is 861 g/mol. The first-order valence-electron chi connectivity index (χ1n) is 22.8. The Morgan fingerprint density at radius 3 is 1.35 bits per heavy atom. The van der Waals surface area contributed by atoms with Crippen molar-refractivity contribution in [2.24, 2.45) is 0 Å². The highest BCUT2D eigenvalue weighted by Crippen LogP contribution is 2.34. The lowest BCUT2D eigenvalue weighted by Crippen LogP contribution is -2.64. The number of carboxylic acid groups (broad SMARTS) is 1. The zero-order chi connectivity index (χ0) is 44.1. The van der Waals surface area contributed by atoms with E-state index in [1.54, 1.807) is 0 Å². The van der Waals surface area contributed by atoms with Crippen LogP contribution in [0, 0.1) is 0 Å². The minimum atomic E-state index is -1.70. The Bertz CT molecular complexity index is 1210. The Morgan fingerprint density at radius 1 is 0.483 bits per heavy atom. The van der Waals surface area contributed by atoms with Gasteiger partial charge in [-0.15, -0.1) is 0 Å². The predicted octanol–water partition coefficient (Wildman–Crippen LogP) is 6.34. The highest BCUT2D eigenvalue weighted by atomic mass is 16.8. The summed E-state index contributed by atoms with van der Waals surface area (Å²) < 4.78 is 41.7. The third kappa shape index (κ3) is 21.3. The van der Waals surface area contributed by atoms with E-state index in [4.69, 9.17) is 38.3 Å². The second-order valence-corrected chi connectivity index (χ2v) is 16.1. The summed E-state index contributed by atoms with van der Waals surface area (Å²) in [5.41, 5.74) is 0. The van der Waals surface area contributed by atoms with Crippen molar-refractivity contribution in [3.05, 3.63) is 0 Å². The molecule has 2 heterocycles. The third-order valence-corrected chi connectivity index (χ3v) is 10.8. The zero-order valence-electron chi connectivity index (χ0n) is 36.5. The van der Waals surface area contributed by atoms with Crippen molar-refractivity contribution in [1.29, 1.82) is 0 Å². The summed E-state index contributed by atoms with van der Waals surface area (Å²) in [7, 11) is 0. The van der Waals surface area contributed by atoms with Gasteiger partial charge in [-0.3, -0.25) is 24.0 Å².